The van der Waals surface area contributed by atoms with E-state index in [1.54, 1.807) is 61.5 Å². The highest BCUT2D eigenvalue weighted by Gasteiger charge is 2.31. The minimum Gasteiger partial charge on any atom is -0.479 e. The quantitative estimate of drug-likeness (QED) is 0.516. The summed E-state index contributed by atoms with van der Waals surface area (Å²) in [5.74, 6) is -0.791. The van der Waals surface area contributed by atoms with Gasteiger partial charge in [0.25, 0.3) is 11.8 Å². The van der Waals surface area contributed by atoms with Crippen LogP contribution >= 0.6 is 0 Å². The van der Waals surface area contributed by atoms with Crippen LogP contribution in [0.15, 0.2) is 54.6 Å². The minimum atomic E-state index is -0.650. The molecule has 30 heavy (non-hydrogen) atoms. The van der Waals surface area contributed by atoms with Crippen molar-refractivity contribution < 1.29 is 23.9 Å². The number of hydrogen-bond acceptors (Lipinski definition) is 6. The van der Waals surface area contributed by atoms with Crippen molar-refractivity contribution in [1.29, 1.82) is 5.26 Å². The fourth-order valence-electron chi connectivity index (χ4n) is 3.09. The molecule has 0 fully saturated rings. The number of esters is 1. The van der Waals surface area contributed by atoms with Crippen molar-refractivity contribution in [3.05, 3.63) is 54.6 Å². The van der Waals surface area contributed by atoms with Gasteiger partial charge in [0.15, 0.2) is 12.7 Å². The molecule has 0 saturated carbocycles. The van der Waals surface area contributed by atoms with Crippen molar-refractivity contribution in [1.82, 2.24) is 0 Å². The van der Waals surface area contributed by atoms with Gasteiger partial charge in [0.05, 0.1) is 18.2 Å². The Morgan fingerprint density at radius 2 is 1.87 bits per heavy atom. The van der Waals surface area contributed by atoms with Crippen LogP contribution in [0, 0.1) is 11.3 Å². The molecule has 8 heteroatoms. The summed E-state index contributed by atoms with van der Waals surface area (Å²) in [5, 5.41) is 8.98. The lowest BCUT2D eigenvalue weighted by atomic mass is 10.2. The molecule has 1 unspecified atom stereocenters. The number of carbonyl (C=O) groups is 3. The van der Waals surface area contributed by atoms with Crippen LogP contribution in [0.4, 0.5) is 11.4 Å². The van der Waals surface area contributed by atoms with E-state index in [1.165, 1.54) is 9.80 Å². The first kappa shape index (κ1) is 20.9. The first-order chi connectivity index (χ1) is 14.5. The third-order valence-corrected chi connectivity index (χ3v) is 4.57. The van der Waals surface area contributed by atoms with Gasteiger partial charge in [-0.1, -0.05) is 30.3 Å². The van der Waals surface area contributed by atoms with Crippen molar-refractivity contribution in [2.75, 3.05) is 29.5 Å². The lowest BCUT2D eigenvalue weighted by Crippen LogP contribution is -2.45. The average molecular weight is 407 g/mol. The predicted molar refractivity (Wildman–Crippen MR) is 109 cm³/mol. The van der Waals surface area contributed by atoms with Gasteiger partial charge in [-0.25, -0.2) is 0 Å². The van der Waals surface area contributed by atoms with Gasteiger partial charge in [0.1, 0.15) is 12.3 Å². The van der Waals surface area contributed by atoms with Crippen LogP contribution in [0.3, 0.4) is 0 Å². The maximum absolute atomic E-state index is 12.4. The van der Waals surface area contributed by atoms with E-state index in [4.69, 9.17) is 14.7 Å². The van der Waals surface area contributed by atoms with Gasteiger partial charge in [-0.3, -0.25) is 19.3 Å². The number of para-hydroxylation sites is 3. The van der Waals surface area contributed by atoms with Gasteiger partial charge in [0, 0.05) is 12.2 Å². The van der Waals surface area contributed by atoms with E-state index >= 15 is 0 Å². The van der Waals surface area contributed by atoms with E-state index in [0.717, 1.165) is 0 Å². The third kappa shape index (κ3) is 4.75. The fraction of sp³-hybridized carbons (Fsp3) is 0.273. The molecule has 0 aliphatic carbocycles. The summed E-state index contributed by atoms with van der Waals surface area (Å²) >= 11 is 0. The number of nitriles is 1. The molecule has 0 aromatic heterocycles. The Balaban J connectivity index is 1.57. The van der Waals surface area contributed by atoms with Crippen LogP contribution < -0.4 is 14.5 Å². The van der Waals surface area contributed by atoms with Crippen LogP contribution in [0.1, 0.15) is 13.3 Å². The number of fused-ring (bicyclic) bond motifs is 1. The molecule has 0 saturated heterocycles. The summed E-state index contributed by atoms with van der Waals surface area (Å²) in [4.78, 5) is 39.8. The second-order valence-corrected chi connectivity index (χ2v) is 6.60. The zero-order valence-electron chi connectivity index (χ0n) is 16.5. The van der Waals surface area contributed by atoms with E-state index in [1.807, 2.05) is 6.07 Å². The normalized spacial score (nSPS) is 14.9. The Hall–Kier alpha value is -3.86. The van der Waals surface area contributed by atoms with Crippen LogP contribution in [0.5, 0.6) is 5.75 Å². The van der Waals surface area contributed by atoms with Gasteiger partial charge in [-0.2, -0.15) is 5.26 Å². The van der Waals surface area contributed by atoms with Crippen molar-refractivity contribution in [3.63, 3.8) is 0 Å². The van der Waals surface area contributed by atoms with Crippen LogP contribution in [-0.2, 0) is 19.1 Å². The van der Waals surface area contributed by atoms with E-state index in [9.17, 15) is 14.4 Å². The molecule has 0 spiro atoms. The van der Waals surface area contributed by atoms with Gasteiger partial charge < -0.3 is 14.4 Å². The van der Waals surface area contributed by atoms with E-state index in [-0.39, 0.29) is 25.4 Å². The lowest BCUT2D eigenvalue weighted by molar-refractivity contribution is -0.147. The van der Waals surface area contributed by atoms with Gasteiger partial charge >= 0.3 is 5.97 Å². The van der Waals surface area contributed by atoms with Gasteiger partial charge in [-0.05, 0) is 31.2 Å². The van der Waals surface area contributed by atoms with E-state index in [2.05, 4.69) is 0 Å². The average Bonchev–Trinajstić information content (AvgIpc) is 2.76. The van der Waals surface area contributed by atoms with E-state index in [0.29, 0.717) is 17.1 Å². The molecule has 154 valence electrons. The van der Waals surface area contributed by atoms with Crippen LogP contribution in [0.25, 0.3) is 0 Å². The Kier molecular flexibility index (Phi) is 6.65. The molecule has 8 nitrogen and oxygen atoms in total. The summed E-state index contributed by atoms with van der Waals surface area (Å²) in [7, 11) is 0. The highest BCUT2D eigenvalue weighted by molar-refractivity contribution is 6.00. The largest absolute Gasteiger partial charge is 0.479 e. The molecule has 3 rings (SSSR count). The lowest BCUT2D eigenvalue weighted by Gasteiger charge is -2.32. The van der Waals surface area contributed by atoms with Crippen LogP contribution in [-0.4, -0.2) is 43.6 Å². The molecule has 1 aliphatic heterocycles. The Labute approximate surface area is 174 Å². The minimum absolute atomic E-state index is 0.0797. The number of carbonyl (C=O) groups excluding carboxylic acids is 3. The summed E-state index contributed by atoms with van der Waals surface area (Å²) in [6.45, 7) is 1.11. The molecule has 1 heterocycles. The maximum Gasteiger partial charge on any atom is 0.308 e. The Morgan fingerprint density at radius 3 is 2.60 bits per heavy atom. The number of rotatable bonds is 7. The molecule has 0 radical (unpaired) electrons. The van der Waals surface area contributed by atoms with Crippen molar-refractivity contribution in [3.8, 4) is 11.8 Å². The highest BCUT2D eigenvalue weighted by Crippen LogP contribution is 2.33. The number of hydrogen-bond donors (Lipinski definition) is 0. The molecule has 2 amide bonds. The second-order valence-electron chi connectivity index (χ2n) is 6.60. The number of ether oxygens (including phenoxy) is 2. The number of benzene rings is 2. The zero-order valence-corrected chi connectivity index (χ0v) is 16.5. The second kappa shape index (κ2) is 9.56. The standard InChI is InChI=1S/C22H21N3O5/c1-16-22(28)25(18-9-5-6-10-19(18)30-16)13-11-21(27)29-15-20(26)24(14-12-23)17-7-3-2-4-8-17/h2-10,16H,11,13-15H2,1H3. The molecule has 0 bridgehead atoms. The molecule has 0 N–H and O–H groups in total. The summed E-state index contributed by atoms with van der Waals surface area (Å²) < 4.78 is 10.7. The van der Waals surface area contributed by atoms with Crippen molar-refractivity contribution in [2.45, 2.75) is 19.4 Å². The smallest absolute Gasteiger partial charge is 0.308 e. The molecular weight excluding hydrogens is 386 g/mol. The number of amides is 2. The Morgan fingerprint density at radius 1 is 1.17 bits per heavy atom. The SMILES string of the molecule is CC1Oc2ccccc2N(CCC(=O)OCC(=O)N(CC#N)c2ccccc2)C1=O. The topological polar surface area (TPSA) is 99.9 Å². The fourth-order valence-corrected chi connectivity index (χ4v) is 3.09. The first-order valence-electron chi connectivity index (χ1n) is 9.46. The summed E-state index contributed by atoms with van der Waals surface area (Å²) in [6, 6.07) is 17.7. The van der Waals surface area contributed by atoms with E-state index < -0.39 is 24.6 Å². The summed E-state index contributed by atoms with van der Waals surface area (Å²) in [6.07, 6.45) is -0.730. The maximum atomic E-state index is 12.4. The first-order valence-corrected chi connectivity index (χ1v) is 9.46. The summed E-state index contributed by atoms with van der Waals surface area (Å²) in [5.41, 5.74) is 1.14. The Bertz CT molecular complexity index is 970. The van der Waals surface area contributed by atoms with Crippen molar-refractivity contribution in [2.24, 2.45) is 0 Å². The molecule has 2 aromatic carbocycles. The molecule has 1 atom stereocenters. The van der Waals surface area contributed by atoms with Crippen LogP contribution in [0.2, 0.25) is 0 Å². The number of nitrogens with zero attached hydrogens (tertiary/aromatic N) is 3. The zero-order chi connectivity index (χ0) is 21.5. The number of anilines is 2. The molecular formula is C22H21N3O5. The van der Waals surface area contributed by atoms with Crippen molar-refractivity contribution >= 4 is 29.2 Å². The monoisotopic (exact) mass is 407 g/mol. The highest BCUT2D eigenvalue weighted by atomic mass is 16.5. The van der Waals surface area contributed by atoms with Gasteiger partial charge in [0.2, 0.25) is 0 Å². The molecule has 2 aromatic rings. The molecule has 1 aliphatic rings. The third-order valence-electron chi connectivity index (χ3n) is 4.57. The predicted octanol–water partition coefficient (Wildman–Crippen LogP) is 2.29. The van der Waals surface area contributed by atoms with Gasteiger partial charge in [-0.15, -0.1) is 0 Å².